The molecule has 1 fully saturated rings. The van der Waals surface area contributed by atoms with Crippen molar-refractivity contribution in [2.75, 3.05) is 19.4 Å². The van der Waals surface area contributed by atoms with Gasteiger partial charge in [0.15, 0.2) is 4.99 Å². The van der Waals surface area contributed by atoms with E-state index in [1.165, 1.54) is 12.1 Å². The normalized spacial score (nSPS) is 21.9. The van der Waals surface area contributed by atoms with E-state index in [1.54, 1.807) is 19.0 Å². The number of rotatable bonds is 3. The average molecular weight is 404 g/mol. The molecular weight excluding hydrogens is 381 g/mol. The number of hydrogen-bond donors (Lipinski definition) is 3. The van der Waals surface area contributed by atoms with Crippen molar-refractivity contribution in [3.05, 3.63) is 24.1 Å². The highest BCUT2D eigenvalue weighted by Gasteiger charge is 2.33. The lowest BCUT2D eigenvalue weighted by Gasteiger charge is -2.35. The number of aromatic nitrogens is 1. The zero-order valence-corrected chi connectivity index (χ0v) is 16.2. The molecule has 0 saturated heterocycles. The van der Waals surface area contributed by atoms with E-state index in [1.807, 2.05) is 0 Å². The molecule has 0 unspecified atom stereocenters. The monoisotopic (exact) mass is 403 g/mol. The second-order valence-corrected chi connectivity index (χ2v) is 6.71. The van der Waals surface area contributed by atoms with Crippen molar-refractivity contribution >= 4 is 47.2 Å². The first-order chi connectivity index (χ1) is 11.8. The Bertz CT molecular complexity index is 659. The fourth-order valence-corrected chi connectivity index (χ4v) is 3.03. The van der Waals surface area contributed by atoms with Gasteiger partial charge in [0, 0.05) is 32.1 Å². The molecule has 1 aromatic rings. The molecule has 1 aliphatic carbocycles. The van der Waals surface area contributed by atoms with E-state index in [9.17, 15) is 14.0 Å². The summed E-state index contributed by atoms with van der Waals surface area (Å²) >= 11 is 5.10. The van der Waals surface area contributed by atoms with Gasteiger partial charge in [-0.05, 0) is 31.4 Å². The van der Waals surface area contributed by atoms with Crippen LogP contribution in [0.2, 0.25) is 0 Å². The molecule has 1 heterocycles. The number of hydrogen-bond acceptors (Lipinski definition) is 5. The molecule has 0 bridgehead atoms. The number of thiocarbonyl (C=S) groups is 1. The molecule has 2 amide bonds. The SMILES string of the molecule is CN(C)C(=O)[C@H]1CC[C@H](NC(=S)C(=O)Nc2ccc(F)cn2)[C@H](N)C1.Cl. The second-order valence-electron chi connectivity index (χ2n) is 6.30. The van der Waals surface area contributed by atoms with Gasteiger partial charge in [0.05, 0.1) is 6.20 Å². The lowest BCUT2D eigenvalue weighted by Crippen LogP contribution is -2.54. The van der Waals surface area contributed by atoms with Crippen molar-refractivity contribution in [3.63, 3.8) is 0 Å². The molecule has 26 heavy (non-hydrogen) atoms. The summed E-state index contributed by atoms with van der Waals surface area (Å²) in [5.41, 5.74) is 6.15. The van der Waals surface area contributed by atoms with Gasteiger partial charge >= 0.3 is 0 Å². The van der Waals surface area contributed by atoms with E-state index >= 15 is 0 Å². The van der Waals surface area contributed by atoms with E-state index in [0.717, 1.165) is 6.20 Å². The third-order valence-electron chi connectivity index (χ3n) is 4.18. The minimum Gasteiger partial charge on any atom is -0.367 e. The van der Waals surface area contributed by atoms with Crippen molar-refractivity contribution in [1.29, 1.82) is 0 Å². The predicted molar refractivity (Wildman–Crippen MR) is 104 cm³/mol. The highest BCUT2D eigenvalue weighted by atomic mass is 35.5. The van der Waals surface area contributed by atoms with Crippen LogP contribution in [0, 0.1) is 11.7 Å². The Kier molecular flexibility index (Phi) is 8.32. The average Bonchev–Trinajstić information content (AvgIpc) is 2.57. The third kappa shape index (κ3) is 5.86. The molecule has 0 radical (unpaired) electrons. The molecule has 144 valence electrons. The van der Waals surface area contributed by atoms with Crippen LogP contribution in [0.4, 0.5) is 10.2 Å². The van der Waals surface area contributed by atoms with E-state index < -0.39 is 11.7 Å². The predicted octanol–water partition coefficient (Wildman–Crippen LogP) is 1.08. The van der Waals surface area contributed by atoms with Crippen molar-refractivity contribution in [1.82, 2.24) is 15.2 Å². The third-order valence-corrected chi connectivity index (χ3v) is 4.48. The fraction of sp³-hybridized carbons (Fsp3) is 0.500. The van der Waals surface area contributed by atoms with Gasteiger partial charge in [0.2, 0.25) is 5.91 Å². The molecule has 3 atom stereocenters. The molecule has 0 aliphatic heterocycles. The highest BCUT2D eigenvalue weighted by molar-refractivity contribution is 7.82. The van der Waals surface area contributed by atoms with Crippen molar-refractivity contribution < 1.29 is 14.0 Å². The number of halogens is 2. The molecule has 10 heteroatoms. The number of nitrogens with one attached hydrogen (secondary N) is 2. The van der Waals surface area contributed by atoms with Crippen LogP contribution in [0.3, 0.4) is 0 Å². The minimum atomic E-state index is -0.534. The Balaban J connectivity index is 0.00000338. The van der Waals surface area contributed by atoms with Crippen molar-refractivity contribution in [2.45, 2.75) is 31.3 Å². The highest BCUT2D eigenvalue weighted by Crippen LogP contribution is 2.25. The van der Waals surface area contributed by atoms with Gasteiger partial charge in [0.25, 0.3) is 5.91 Å². The van der Waals surface area contributed by atoms with Gasteiger partial charge in [-0.2, -0.15) is 0 Å². The maximum atomic E-state index is 12.8. The van der Waals surface area contributed by atoms with Crippen LogP contribution >= 0.6 is 24.6 Å². The zero-order valence-electron chi connectivity index (χ0n) is 14.6. The molecule has 2 rings (SSSR count). The number of nitrogens with two attached hydrogens (primary N) is 1. The first-order valence-electron chi connectivity index (χ1n) is 7.98. The minimum absolute atomic E-state index is 0. The fourth-order valence-electron chi connectivity index (χ4n) is 2.83. The summed E-state index contributed by atoms with van der Waals surface area (Å²) in [6, 6.07) is 2.08. The molecule has 7 nitrogen and oxygen atoms in total. The van der Waals surface area contributed by atoms with Gasteiger partial charge < -0.3 is 21.3 Å². The first-order valence-corrected chi connectivity index (χ1v) is 8.39. The van der Waals surface area contributed by atoms with Gasteiger partial charge in [0.1, 0.15) is 11.6 Å². The maximum Gasteiger partial charge on any atom is 0.284 e. The number of anilines is 1. The smallest absolute Gasteiger partial charge is 0.284 e. The van der Waals surface area contributed by atoms with Gasteiger partial charge in [-0.1, -0.05) is 12.2 Å². The second kappa shape index (κ2) is 9.75. The lowest BCUT2D eigenvalue weighted by molar-refractivity contribution is -0.134. The first kappa shape index (κ1) is 22.2. The summed E-state index contributed by atoms with van der Waals surface area (Å²) in [4.78, 5) is 29.4. The van der Waals surface area contributed by atoms with Crippen LogP contribution in [0.15, 0.2) is 18.3 Å². The molecule has 1 aromatic heterocycles. The molecule has 1 aliphatic rings. The van der Waals surface area contributed by atoms with E-state index in [-0.39, 0.29) is 47.1 Å². The van der Waals surface area contributed by atoms with Crippen LogP contribution in [-0.2, 0) is 9.59 Å². The Morgan fingerprint density at radius 2 is 2.04 bits per heavy atom. The number of carbonyl (C=O) groups excluding carboxylic acids is 2. The summed E-state index contributed by atoms with van der Waals surface area (Å²) in [5.74, 6) is -0.855. The number of pyridine rings is 1. The Morgan fingerprint density at radius 1 is 1.35 bits per heavy atom. The summed E-state index contributed by atoms with van der Waals surface area (Å²) < 4.78 is 12.8. The summed E-state index contributed by atoms with van der Waals surface area (Å²) in [6.45, 7) is 0. The Labute approximate surface area is 163 Å². The van der Waals surface area contributed by atoms with Gasteiger partial charge in [-0.15, -0.1) is 12.4 Å². The zero-order chi connectivity index (χ0) is 18.6. The summed E-state index contributed by atoms with van der Waals surface area (Å²) in [5, 5.41) is 5.45. The van der Waals surface area contributed by atoms with Crippen molar-refractivity contribution in [2.24, 2.45) is 11.7 Å². The van der Waals surface area contributed by atoms with E-state index in [2.05, 4.69) is 15.6 Å². The van der Waals surface area contributed by atoms with Crippen LogP contribution in [0.5, 0.6) is 0 Å². The Hall–Kier alpha value is -1.84. The molecule has 1 saturated carbocycles. The van der Waals surface area contributed by atoms with Crippen LogP contribution < -0.4 is 16.4 Å². The standard InChI is InChI=1S/C16H22FN5O2S.ClH/c1-22(2)16(24)9-3-5-12(11(18)7-9)20-15(25)14(23)21-13-6-4-10(17)8-19-13;/h4,6,8-9,11-12H,3,5,7,18H2,1-2H3,(H,20,25)(H,19,21,23);1H/t9-,11+,12-;/m0./s1. The maximum absolute atomic E-state index is 12.8. The van der Waals surface area contributed by atoms with Crippen molar-refractivity contribution in [3.8, 4) is 0 Å². The van der Waals surface area contributed by atoms with E-state index in [4.69, 9.17) is 18.0 Å². The van der Waals surface area contributed by atoms with Crippen LogP contribution in [-0.4, -0.2) is 52.9 Å². The lowest BCUT2D eigenvalue weighted by atomic mass is 9.82. The number of carbonyl (C=O) groups is 2. The molecular formula is C16H23ClFN5O2S. The Morgan fingerprint density at radius 3 is 2.58 bits per heavy atom. The summed E-state index contributed by atoms with van der Waals surface area (Å²) in [6.07, 6.45) is 2.88. The van der Waals surface area contributed by atoms with Crippen LogP contribution in [0.25, 0.3) is 0 Å². The van der Waals surface area contributed by atoms with E-state index in [0.29, 0.717) is 19.3 Å². The largest absolute Gasteiger partial charge is 0.367 e. The summed E-state index contributed by atoms with van der Waals surface area (Å²) in [7, 11) is 3.45. The number of amides is 2. The van der Waals surface area contributed by atoms with Gasteiger partial charge in [-0.25, -0.2) is 9.37 Å². The molecule has 0 spiro atoms. The molecule has 4 N–H and O–H groups in total. The number of nitrogens with zero attached hydrogens (tertiary/aromatic N) is 2. The molecule has 0 aromatic carbocycles. The topological polar surface area (TPSA) is 100 Å². The quantitative estimate of drug-likeness (QED) is 0.653. The van der Waals surface area contributed by atoms with Gasteiger partial charge in [-0.3, -0.25) is 9.59 Å². The van der Waals surface area contributed by atoms with Crippen LogP contribution in [0.1, 0.15) is 19.3 Å².